The first kappa shape index (κ1) is 11.4. The van der Waals surface area contributed by atoms with Crippen LogP contribution in [-0.4, -0.2) is 12.3 Å². The van der Waals surface area contributed by atoms with Gasteiger partial charge in [0.2, 0.25) is 0 Å². The van der Waals surface area contributed by atoms with E-state index in [2.05, 4.69) is 32.3 Å². The normalized spacial score (nSPS) is 12.2. The average molecular weight is 167 g/mol. The summed E-state index contributed by atoms with van der Waals surface area (Å²) in [7, 11) is 0. The number of allylic oxidation sites excluding steroid dienone is 1. The maximum Gasteiger partial charge on any atom is 0.0392 e. The Balaban J connectivity index is 3.71. The highest BCUT2D eigenvalue weighted by molar-refractivity contribution is 5.95. The van der Waals surface area contributed by atoms with Gasteiger partial charge in [-0.2, -0.15) is 0 Å². The molecule has 0 saturated carbocycles. The minimum absolute atomic E-state index is 0.518. The van der Waals surface area contributed by atoms with Crippen LogP contribution in [0.3, 0.4) is 0 Å². The summed E-state index contributed by atoms with van der Waals surface area (Å²) >= 11 is 0. The van der Waals surface area contributed by atoms with E-state index in [0.717, 1.165) is 12.3 Å². The van der Waals surface area contributed by atoms with E-state index in [4.69, 9.17) is 0 Å². The molecule has 0 aliphatic rings. The smallest absolute Gasteiger partial charge is 0.0392 e. The molecule has 0 unspecified atom stereocenters. The van der Waals surface area contributed by atoms with E-state index in [9.17, 15) is 0 Å². The maximum absolute atomic E-state index is 4.48. The van der Waals surface area contributed by atoms with Crippen LogP contribution in [0.4, 0.5) is 0 Å². The molecule has 0 spiro atoms. The molecule has 0 aromatic rings. The summed E-state index contributed by atoms with van der Waals surface area (Å²) in [6, 6.07) is 0. The van der Waals surface area contributed by atoms with Crippen molar-refractivity contribution in [2.75, 3.05) is 6.54 Å². The van der Waals surface area contributed by atoms with Crippen LogP contribution < -0.4 is 0 Å². The Hall–Kier alpha value is -0.590. The monoisotopic (exact) mass is 167 g/mol. The molecule has 1 heteroatoms. The highest BCUT2D eigenvalue weighted by Crippen LogP contribution is 2.00. The van der Waals surface area contributed by atoms with Crippen molar-refractivity contribution >= 4 is 5.71 Å². The van der Waals surface area contributed by atoms with Crippen LogP contribution in [0.1, 0.15) is 40.0 Å². The standard InChI is InChI=1S/C11H21N/c1-5-7-8-9-12-11(6-2)10(3)4/h6,10H,2,5,7-9H2,1,3-4H3. The second-order valence-corrected chi connectivity index (χ2v) is 3.37. The molecule has 0 N–H and O–H groups in total. The zero-order valence-electron chi connectivity index (χ0n) is 8.64. The van der Waals surface area contributed by atoms with E-state index in [0.29, 0.717) is 5.92 Å². The Morgan fingerprint density at radius 2 is 2.08 bits per heavy atom. The third-order valence-corrected chi connectivity index (χ3v) is 1.86. The maximum atomic E-state index is 4.48. The van der Waals surface area contributed by atoms with Crippen LogP contribution in [0.2, 0.25) is 0 Å². The van der Waals surface area contributed by atoms with Gasteiger partial charge in [-0.1, -0.05) is 40.2 Å². The van der Waals surface area contributed by atoms with E-state index < -0.39 is 0 Å². The Morgan fingerprint density at radius 1 is 1.42 bits per heavy atom. The minimum Gasteiger partial charge on any atom is -0.290 e. The Bertz CT molecular complexity index is 145. The van der Waals surface area contributed by atoms with Crippen molar-refractivity contribution in [2.24, 2.45) is 10.9 Å². The predicted molar refractivity (Wildman–Crippen MR) is 56.9 cm³/mol. The highest BCUT2D eigenvalue weighted by Gasteiger charge is 1.98. The van der Waals surface area contributed by atoms with E-state index in [1.807, 2.05) is 6.08 Å². The number of rotatable bonds is 6. The average Bonchev–Trinajstić information content (AvgIpc) is 2.04. The predicted octanol–water partition coefficient (Wildman–Crippen LogP) is 3.46. The van der Waals surface area contributed by atoms with Gasteiger partial charge in [0.25, 0.3) is 0 Å². The van der Waals surface area contributed by atoms with Gasteiger partial charge in [0.05, 0.1) is 0 Å². The van der Waals surface area contributed by atoms with Crippen molar-refractivity contribution in [1.29, 1.82) is 0 Å². The molecule has 0 saturated heterocycles. The first-order valence-corrected chi connectivity index (χ1v) is 4.89. The molecule has 0 aliphatic carbocycles. The summed E-state index contributed by atoms with van der Waals surface area (Å²) in [6.07, 6.45) is 5.63. The highest BCUT2D eigenvalue weighted by atomic mass is 14.7. The van der Waals surface area contributed by atoms with Crippen LogP contribution in [0.5, 0.6) is 0 Å². The van der Waals surface area contributed by atoms with Gasteiger partial charge in [0.15, 0.2) is 0 Å². The summed E-state index contributed by atoms with van der Waals surface area (Å²) in [5, 5.41) is 0. The summed E-state index contributed by atoms with van der Waals surface area (Å²) < 4.78 is 0. The molecule has 0 aliphatic heterocycles. The molecule has 1 nitrogen and oxygen atoms in total. The SMILES string of the molecule is C=CC(=NCCCCC)C(C)C. The van der Waals surface area contributed by atoms with Crippen LogP contribution >= 0.6 is 0 Å². The molecule has 0 radical (unpaired) electrons. The van der Waals surface area contributed by atoms with Crippen molar-refractivity contribution in [3.05, 3.63) is 12.7 Å². The lowest BCUT2D eigenvalue weighted by atomic mass is 10.1. The minimum atomic E-state index is 0.518. The van der Waals surface area contributed by atoms with Crippen molar-refractivity contribution in [3.8, 4) is 0 Å². The lowest BCUT2D eigenvalue weighted by Gasteiger charge is -2.04. The lowest BCUT2D eigenvalue weighted by molar-refractivity contribution is 0.723. The van der Waals surface area contributed by atoms with Gasteiger partial charge >= 0.3 is 0 Å². The van der Waals surface area contributed by atoms with E-state index in [-0.39, 0.29) is 0 Å². The Morgan fingerprint density at radius 3 is 2.50 bits per heavy atom. The number of hydrogen-bond donors (Lipinski definition) is 0. The summed E-state index contributed by atoms with van der Waals surface area (Å²) in [6.45, 7) is 11.2. The van der Waals surface area contributed by atoms with Gasteiger partial charge < -0.3 is 0 Å². The fourth-order valence-electron chi connectivity index (χ4n) is 1.05. The fraction of sp³-hybridized carbons (Fsp3) is 0.727. The van der Waals surface area contributed by atoms with Crippen molar-refractivity contribution < 1.29 is 0 Å². The zero-order valence-corrected chi connectivity index (χ0v) is 8.64. The van der Waals surface area contributed by atoms with Crippen LogP contribution in [0, 0.1) is 5.92 Å². The third kappa shape index (κ3) is 5.11. The van der Waals surface area contributed by atoms with Crippen molar-refractivity contribution in [2.45, 2.75) is 40.0 Å². The first-order valence-electron chi connectivity index (χ1n) is 4.89. The molecule has 0 atom stereocenters. The van der Waals surface area contributed by atoms with Crippen LogP contribution in [0.15, 0.2) is 17.6 Å². The molecule has 12 heavy (non-hydrogen) atoms. The summed E-state index contributed by atoms with van der Waals surface area (Å²) in [5.74, 6) is 0.518. The van der Waals surface area contributed by atoms with Crippen molar-refractivity contribution in [1.82, 2.24) is 0 Å². The lowest BCUT2D eigenvalue weighted by Crippen LogP contribution is -2.04. The number of unbranched alkanes of at least 4 members (excludes halogenated alkanes) is 2. The molecule has 0 heterocycles. The molecule has 0 aromatic heterocycles. The van der Waals surface area contributed by atoms with Gasteiger partial charge in [-0.25, -0.2) is 0 Å². The Kier molecular flexibility index (Phi) is 6.73. The Labute approximate surface area is 76.6 Å². The molecule has 0 amide bonds. The molecule has 0 rings (SSSR count). The number of nitrogens with zero attached hydrogens (tertiary/aromatic N) is 1. The molecular formula is C11H21N. The molecule has 70 valence electrons. The van der Waals surface area contributed by atoms with Gasteiger partial charge in [-0.15, -0.1) is 0 Å². The van der Waals surface area contributed by atoms with Crippen molar-refractivity contribution in [3.63, 3.8) is 0 Å². The second kappa shape index (κ2) is 7.08. The summed E-state index contributed by atoms with van der Waals surface area (Å²) in [4.78, 5) is 4.48. The van der Waals surface area contributed by atoms with Gasteiger partial charge in [0.1, 0.15) is 0 Å². The van der Waals surface area contributed by atoms with E-state index >= 15 is 0 Å². The summed E-state index contributed by atoms with van der Waals surface area (Å²) in [5.41, 5.74) is 1.14. The van der Waals surface area contributed by atoms with Gasteiger partial charge in [-0.05, 0) is 18.4 Å². The number of aliphatic imine (C=N–C) groups is 1. The first-order chi connectivity index (χ1) is 5.72. The van der Waals surface area contributed by atoms with Gasteiger partial charge in [-0.3, -0.25) is 4.99 Å². The second-order valence-electron chi connectivity index (χ2n) is 3.37. The molecule has 0 aromatic carbocycles. The van der Waals surface area contributed by atoms with E-state index in [1.54, 1.807) is 0 Å². The third-order valence-electron chi connectivity index (χ3n) is 1.86. The molecule has 0 fully saturated rings. The topological polar surface area (TPSA) is 12.4 Å². The quantitative estimate of drug-likeness (QED) is 0.424. The van der Waals surface area contributed by atoms with Crippen LogP contribution in [-0.2, 0) is 0 Å². The molecular weight excluding hydrogens is 146 g/mol. The number of hydrogen-bond acceptors (Lipinski definition) is 1. The largest absolute Gasteiger partial charge is 0.290 e. The van der Waals surface area contributed by atoms with Gasteiger partial charge in [0, 0.05) is 12.3 Å². The van der Waals surface area contributed by atoms with E-state index in [1.165, 1.54) is 19.3 Å². The fourth-order valence-corrected chi connectivity index (χ4v) is 1.05. The zero-order chi connectivity index (χ0) is 9.40. The van der Waals surface area contributed by atoms with Crippen LogP contribution in [0.25, 0.3) is 0 Å². The molecule has 0 bridgehead atoms.